The van der Waals surface area contributed by atoms with Gasteiger partial charge >= 0.3 is 0 Å². The quantitative estimate of drug-likeness (QED) is 0.677. The maximum atomic E-state index is 11.9. The van der Waals surface area contributed by atoms with E-state index >= 15 is 0 Å². The summed E-state index contributed by atoms with van der Waals surface area (Å²) in [5.41, 5.74) is 0. The van der Waals surface area contributed by atoms with Gasteiger partial charge in [0.1, 0.15) is 6.33 Å². The molecule has 0 fully saturated rings. The van der Waals surface area contributed by atoms with Crippen molar-refractivity contribution in [1.29, 1.82) is 0 Å². The van der Waals surface area contributed by atoms with Gasteiger partial charge in [-0.2, -0.15) is 10.1 Å². The lowest BCUT2D eigenvalue weighted by molar-refractivity contribution is 0.597. The van der Waals surface area contributed by atoms with E-state index in [-0.39, 0.29) is 15.7 Å². The highest BCUT2D eigenvalue weighted by Crippen LogP contribution is 2.16. The van der Waals surface area contributed by atoms with Crippen LogP contribution in [0.25, 0.3) is 0 Å². The maximum absolute atomic E-state index is 11.9. The van der Waals surface area contributed by atoms with E-state index in [4.69, 9.17) is 5.14 Å². The van der Waals surface area contributed by atoms with Crippen LogP contribution < -0.4 is 9.86 Å². The number of benzene rings is 1. The number of hydrogen-bond donors (Lipinski definition) is 3. The Morgan fingerprint density at radius 2 is 1.84 bits per heavy atom. The van der Waals surface area contributed by atoms with E-state index in [1.54, 1.807) is 0 Å². The Kier molecular flexibility index (Phi) is 3.26. The van der Waals surface area contributed by atoms with Gasteiger partial charge in [-0.3, -0.25) is 0 Å². The first kappa shape index (κ1) is 13.5. The highest BCUT2D eigenvalue weighted by atomic mass is 32.2. The molecule has 19 heavy (non-hydrogen) atoms. The fourth-order valence-corrected chi connectivity index (χ4v) is 2.90. The van der Waals surface area contributed by atoms with Crippen LogP contribution in [-0.4, -0.2) is 32.0 Å². The third-order valence-corrected chi connectivity index (χ3v) is 4.34. The summed E-state index contributed by atoms with van der Waals surface area (Å²) in [6, 6.07) is 4.65. The van der Waals surface area contributed by atoms with E-state index in [9.17, 15) is 16.8 Å². The normalized spacial score (nSPS) is 12.3. The molecule has 0 aliphatic rings. The van der Waals surface area contributed by atoms with Crippen LogP contribution in [0.4, 0.5) is 5.95 Å². The SMILES string of the molecule is NS(=O)(=O)c1cccc(S(=O)(=O)Nc2ncn[nH]2)c1. The van der Waals surface area contributed by atoms with Crippen molar-refractivity contribution in [2.45, 2.75) is 9.79 Å². The van der Waals surface area contributed by atoms with Crippen LogP contribution in [0.15, 0.2) is 40.4 Å². The number of hydrogen-bond acceptors (Lipinski definition) is 6. The van der Waals surface area contributed by atoms with Crippen molar-refractivity contribution < 1.29 is 16.8 Å². The molecular weight excluding hydrogens is 294 g/mol. The molecule has 1 aromatic carbocycles. The van der Waals surface area contributed by atoms with Gasteiger partial charge in [-0.15, -0.1) is 0 Å². The molecule has 0 spiro atoms. The van der Waals surface area contributed by atoms with Gasteiger partial charge < -0.3 is 0 Å². The standard InChI is InChI=1S/C8H9N5O4S2/c9-18(14,15)6-2-1-3-7(4-6)19(16,17)13-8-10-5-11-12-8/h1-5H,(H2,9,14,15)(H2,10,11,12,13). The van der Waals surface area contributed by atoms with Gasteiger partial charge in [0.05, 0.1) is 9.79 Å². The van der Waals surface area contributed by atoms with E-state index in [1.807, 2.05) is 0 Å². The third-order valence-electron chi connectivity index (χ3n) is 2.09. The number of H-pyrrole nitrogens is 1. The molecule has 11 heteroatoms. The molecule has 0 saturated carbocycles. The van der Waals surface area contributed by atoms with Crippen LogP contribution >= 0.6 is 0 Å². The predicted molar refractivity (Wildman–Crippen MR) is 65.0 cm³/mol. The molecule has 2 aromatic rings. The molecular formula is C8H9N5O4S2. The van der Waals surface area contributed by atoms with Crippen molar-refractivity contribution >= 4 is 26.0 Å². The molecule has 0 aliphatic heterocycles. The zero-order valence-corrected chi connectivity index (χ0v) is 10.9. The number of anilines is 1. The Bertz CT molecular complexity index is 782. The topological polar surface area (TPSA) is 148 Å². The highest BCUT2D eigenvalue weighted by Gasteiger charge is 2.18. The number of nitrogens with zero attached hydrogens (tertiary/aromatic N) is 2. The maximum Gasteiger partial charge on any atom is 0.264 e. The minimum absolute atomic E-state index is 0.0824. The number of sulfonamides is 2. The zero-order valence-electron chi connectivity index (χ0n) is 9.31. The second-order valence-corrected chi connectivity index (χ2v) is 6.70. The average Bonchev–Trinajstić information content (AvgIpc) is 2.80. The predicted octanol–water partition coefficient (Wildman–Crippen LogP) is -0.747. The van der Waals surface area contributed by atoms with E-state index in [2.05, 4.69) is 19.9 Å². The van der Waals surface area contributed by atoms with Crippen LogP contribution in [0.3, 0.4) is 0 Å². The largest absolute Gasteiger partial charge is 0.264 e. The number of primary sulfonamides is 1. The van der Waals surface area contributed by atoms with Crippen LogP contribution in [0.2, 0.25) is 0 Å². The Labute approximate surface area is 109 Å². The zero-order chi connectivity index (χ0) is 14.1. The van der Waals surface area contributed by atoms with Gasteiger partial charge in [-0.1, -0.05) is 6.07 Å². The fraction of sp³-hybridized carbons (Fsp3) is 0. The molecule has 0 bridgehead atoms. The van der Waals surface area contributed by atoms with Crippen molar-refractivity contribution in [2.75, 3.05) is 4.72 Å². The fourth-order valence-electron chi connectivity index (χ4n) is 1.26. The van der Waals surface area contributed by atoms with Crippen molar-refractivity contribution in [1.82, 2.24) is 15.2 Å². The number of rotatable bonds is 4. The Morgan fingerprint density at radius 1 is 1.16 bits per heavy atom. The molecule has 0 aliphatic carbocycles. The second kappa shape index (κ2) is 4.60. The molecule has 102 valence electrons. The summed E-state index contributed by atoms with van der Waals surface area (Å²) in [6.45, 7) is 0. The molecule has 0 atom stereocenters. The van der Waals surface area contributed by atoms with E-state index in [1.165, 1.54) is 18.2 Å². The van der Waals surface area contributed by atoms with Gasteiger partial charge in [-0.05, 0) is 18.2 Å². The smallest absolute Gasteiger partial charge is 0.248 e. The summed E-state index contributed by atoms with van der Waals surface area (Å²) in [6.07, 6.45) is 1.12. The molecule has 1 heterocycles. The van der Waals surface area contributed by atoms with Crippen molar-refractivity contribution in [3.05, 3.63) is 30.6 Å². The monoisotopic (exact) mass is 303 g/mol. The number of nitrogens with one attached hydrogen (secondary N) is 2. The number of aromatic nitrogens is 3. The molecule has 0 unspecified atom stereocenters. The summed E-state index contributed by atoms with van der Waals surface area (Å²) >= 11 is 0. The first-order chi connectivity index (χ1) is 8.79. The summed E-state index contributed by atoms with van der Waals surface area (Å²) in [5.74, 6) is -0.0824. The molecule has 2 rings (SSSR count). The number of aromatic amines is 1. The minimum atomic E-state index is -3.98. The van der Waals surface area contributed by atoms with Gasteiger partial charge in [0.15, 0.2) is 0 Å². The van der Waals surface area contributed by atoms with E-state index in [0.717, 1.165) is 12.4 Å². The highest BCUT2D eigenvalue weighted by molar-refractivity contribution is 7.92. The van der Waals surface area contributed by atoms with Gasteiger partial charge in [0.25, 0.3) is 10.0 Å². The van der Waals surface area contributed by atoms with Crippen LogP contribution in [-0.2, 0) is 20.0 Å². The molecule has 0 radical (unpaired) electrons. The second-order valence-electron chi connectivity index (χ2n) is 3.46. The average molecular weight is 303 g/mol. The first-order valence-corrected chi connectivity index (χ1v) is 7.83. The molecule has 0 amide bonds. The van der Waals surface area contributed by atoms with Gasteiger partial charge in [-0.25, -0.2) is 31.8 Å². The van der Waals surface area contributed by atoms with Crippen LogP contribution in [0.1, 0.15) is 0 Å². The Morgan fingerprint density at radius 3 is 2.42 bits per heavy atom. The molecule has 9 nitrogen and oxygen atoms in total. The van der Waals surface area contributed by atoms with E-state index in [0.29, 0.717) is 0 Å². The molecule has 0 saturated heterocycles. The lowest BCUT2D eigenvalue weighted by Crippen LogP contribution is -2.16. The summed E-state index contributed by atoms with van der Waals surface area (Å²) in [7, 11) is -7.95. The summed E-state index contributed by atoms with van der Waals surface area (Å²) in [5, 5.41) is 10.7. The van der Waals surface area contributed by atoms with Gasteiger partial charge in [0.2, 0.25) is 16.0 Å². The molecule has 4 N–H and O–H groups in total. The molecule has 1 aromatic heterocycles. The Balaban J connectivity index is 2.41. The Hall–Kier alpha value is -1.98. The summed E-state index contributed by atoms with van der Waals surface area (Å²) in [4.78, 5) is 3.05. The first-order valence-electron chi connectivity index (χ1n) is 4.80. The third kappa shape index (κ3) is 3.07. The lowest BCUT2D eigenvalue weighted by atomic mass is 10.4. The number of nitrogens with two attached hydrogens (primary N) is 1. The van der Waals surface area contributed by atoms with Crippen molar-refractivity contribution in [3.8, 4) is 0 Å². The minimum Gasteiger partial charge on any atom is -0.248 e. The lowest BCUT2D eigenvalue weighted by Gasteiger charge is -2.06. The van der Waals surface area contributed by atoms with Gasteiger partial charge in [0, 0.05) is 0 Å². The van der Waals surface area contributed by atoms with E-state index < -0.39 is 20.0 Å². The van der Waals surface area contributed by atoms with Crippen molar-refractivity contribution in [2.24, 2.45) is 5.14 Å². The van der Waals surface area contributed by atoms with Crippen LogP contribution in [0.5, 0.6) is 0 Å². The summed E-state index contributed by atoms with van der Waals surface area (Å²) < 4.78 is 48.3. The van der Waals surface area contributed by atoms with Crippen LogP contribution in [0, 0.1) is 0 Å². The van der Waals surface area contributed by atoms with Crippen molar-refractivity contribution in [3.63, 3.8) is 0 Å².